The molecule has 0 unspecified atom stereocenters. The van der Waals surface area contributed by atoms with Crippen LogP contribution in [0.2, 0.25) is 0 Å². The summed E-state index contributed by atoms with van der Waals surface area (Å²) in [7, 11) is 0. The van der Waals surface area contributed by atoms with Crippen molar-refractivity contribution >= 4 is 23.6 Å². The van der Waals surface area contributed by atoms with E-state index in [9.17, 15) is 9.59 Å². The third-order valence-corrected chi connectivity index (χ3v) is 3.98. The molecule has 0 aromatic heterocycles. The van der Waals surface area contributed by atoms with Crippen LogP contribution in [-0.2, 0) is 0 Å². The molecule has 5 heteroatoms. The molecule has 0 bridgehead atoms. The van der Waals surface area contributed by atoms with E-state index in [1.54, 1.807) is 12.1 Å². The Hall–Kier alpha value is -1.49. The fourth-order valence-electron chi connectivity index (χ4n) is 1.90. The van der Waals surface area contributed by atoms with E-state index in [-0.39, 0.29) is 17.5 Å². The lowest BCUT2D eigenvalue weighted by Gasteiger charge is -2.22. The highest BCUT2D eigenvalue weighted by Gasteiger charge is 2.17. The van der Waals surface area contributed by atoms with Crippen molar-refractivity contribution in [1.82, 2.24) is 5.32 Å². The molecule has 4 nitrogen and oxygen atoms in total. The van der Waals surface area contributed by atoms with E-state index in [1.165, 1.54) is 12.1 Å². The summed E-state index contributed by atoms with van der Waals surface area (Å²) in [6, 6.07) is 6.34. The van der Waals surface area contributed by atoms with Crippen LogP contribution in [0, 0.1) is 0 Å². The third kappa shape index (κ3) is 3.26. The van der Waals surface area contributed by atoms with E-state index >= 15 is 0 Å². The first kappa shape index (κ1) is 13.0. The van der Waals surface area contributed by atoms with Gasteiger partial charge in [-0.15, -0.1) is 0 Å². The number of carbonyl (C=O) groups is 2. The van der Waals surface area contributed by atoms with Crippen molar-refractivity contribution in [2.24, 2.45) is 0 Å². The van der Waals surface area contributed by atoms with Crippen LogP contribution in [0.25, 0.3) is 0 Å². The van der Waals surface area contributed by atoms with Crippen molar-refractivity contribution in [3.05, 3.63) is 35.4 Å². The zero-order valence-electron chi connectivity index (χ0n) is 9.89. The summed E-state index contributed by atoms with van der Waals surface area (Å²) in [5.74, 6) is 0.939. The van der Waals surface area contributed by atoms with Crippen molar-refractivity contribution in [3.8, 4) is 0 Å². The number of carboxylic acids is 1. The van der Waals surface area contributed by atoms with Gasteiger partial charge in [0.15, 0.2) is 0 Å². The van der Waals surface area contributed by atoms with Gasteiger partial charge in [-0.05, 0) is 42.5 Å². The minimum atomic E-state index is -1.02. The Balaban J connectivity index is 2.03. The SMILES string of the molecule is O=C(O)c1cccc(C(=O)NC2CCSCC2)c1. The van der Waals surface area contributed by atoms with E-state index < -0.39 is 5.97 Å². The summed E-state index contributed by atoms with van der Waals surface area (Å²) in [6.45, 7) is 0. The van der Waals surface area contributed by atoms with E-state index in [0.717, 1.165) is 24.3 Å². The highest BCUT2D eigenvalue weighted by molar-refractivity contribution is 7.99. The normalized spacial score (nSPS) is 16.2. The molecule has 0 radical (unpaired) electrons. The summed E-state index contributed by atoms with van der Waals surface area (Å²) in [5.41, 5.74) is 0.551. The maximum Gasteiger partial charge on any atom is 0.335 e. The number of carboxylic acid groups (broad SMARTS) is 1. The monoisotopic (exact) mass is 265 g/mol. The van der Waals surface area contributed by atoms with Gasteiger partial charge in [-0.2, -0.15) is 11.8 Å². The van der Waals surface area contributed by atoms with E-state index in [2.05, 4.69) is 5.32 Å². The van der Waals surface area contributed by atoms with Crippen LogP contribution in [0.4, 0.5) is 0 Å². The fraction of sp³-hybridized carbons (Fsp3) is 0.385. The molecule has 0 atom stereocenters. The minimum Gasteiger partial charge on any atom is -0.478 e. The van der Waals surface area contributed by atoms with Gasteiger partial charge < -0.3 is 10.4 Å². The maximum absolute atomic E-state index is 12.0. The van der Waals surface area contributed by atoms with Crippen LogP contribution in [0.5, 0.6) is 0 Å². The van der Waals surface area contributed by atoms with Gasteiger partial charge in [-0.25, -0.2) is 4.79 Å². The highest BCUT2D eigenvalue weighted by Crippen LogP contribution is 2.17. The topological polar surface area (TPSA) is 66.4 Å². The molecule has 1 heterocycles. The van der Waals surface area contributed by atoms with E-state index in [1.807, 2.05) is 11.8 Å². The summed E-state index contributed by atoms with van der Waals surface area (Å²) in [5, 5.41) is 11.8. The number of rotatable bonds is 3. The summed E-state index contributed by atoms with van der Waals surface area (Å²) in [6.07, 6.45) is 1.96. The quantitative estimate of drug-likeness (QED) is 0.877. The Kier molecular flexibility index (Phi) is 4.25. The number of hydrogen-bond acceptors (Lipinski definition) is 3. The van der Waals surface area contributed by atoms with Gasteiger partial charge in [0.25, 0.3) is 5.91 Å². The number of carbonyl (C=O) groups excluding carboxylic acids is 1. The molecule has 1 aromatic carbocycles. The molecule has 0 spiro atoms. The lowest BCUT2D eigenvalue weighted by atomic mass is 10.1. The number of benzene rings is 1. The van der Waals surface area contributed by atoms with Gasteiger partial charge in [0, 0.05) is 11.6 Å². The second-order valence-corrected chi connectivity index (χ2v) is 5.47. The van der Waals surface area contributed by atoms with Crippen LogP contribution < -0.4 is 5.32 Å². The van der Waals surface area contributed by atoms with Crippen LogP contribution in [-0.4, -0.2) is 34.5 Å². The average Bonchev–Trinajstić information content (AvgIpc) is 2.40. The predicted octanol–water partition coefficient (Wildman–Crippen LogP) is 2.01. The van der Waals surface area contributed by atoms with E-state index in [0.29, 0.717) is 5.56 Å². The molecule has 18 heavy (non-hydrogen) atoms. The second-order valence-electron chi connectivity index (χ2n) is 4.25. The molecule has 0 aliphatic carbocycles. The summed E-state index contributed by atoms with van der Waals surface area (Å²) >= 11 is 1.90. The van der Waals surface area contributed by atoms with Crippen molar-refractivity contribution < 1.29 is 14.7 Å². The maximum atomic E-state index is 12.0. The molecular formula is C13H15NO3S. The smallest absolute Gasteiger partial charge is 0.335 e. The van der Waals surface area contributed by atoms with Gasteiger partial charge in [-0.3, -0.25) is 4.79 Å². The van der Waals surface area contributed by atoms with Gasteiger partial charge in [-0.1, -0.05) is 6.07 Å². The zero-order valence-corrected chi connectivity index (χ0v) is 10.7. The van der Waals surface area contributed by atoms with Crippen molar-refractivity contribution in [2.75, 3.05) is 11.5 Å². The lowest BCUT2D eigenvalue weighted by Crippen LogP contribution is -2.37. The van der Waals surface area contributed by atoms with Crippen LogP contribution in [0.3, 0.4) is 0 Å². The molecule has 2 rings (SSSR count). The molecule has 1 aromatic rings. The first-order valence-corrected chi connectivity index (χ1v) is 7.04. The van der Waals surface area contributed by atoms with Crippen LogP contribution >= 0.6 is 11.8 Å². The Labute approximate surface area is 110 Å². The van der Waals surface area contributed by atoms with E-state index in [4.69, 9.17) is 5.11 Å². The van der Waals surface area contributed by atoms with Gasteiger partial charge in [0.1, 0.15) is 0 Å². The van der Waals surface area contributed by atoms with Crippen molar-refractivity contribution in [1.29, 1.82) is 0 Å². The molecule has 2 N–H and O–H groups in total. The van der Waals surface area contributed by atoms with Gasteiger partial charge >= 0.3 is 5.97 Å². The summed E-state index contributed by atoms with van der Waals surface area (Å²) < 4.78 is 0. The lowest BCUT2D eigenvalue weighted by molar-refractivity contribution is 0.0697. The number of nitrogens with one attached hydrogen (secondary N) is 1. The Bertz CT molecular complexity index is 455. The number of aromatic carboxylic acids is 1. The molecule has 0 saturated carbocycles. The zero-order chi connectivity index (χ0) is 13.0. The van der Waals surface area contributed by atoms with Crippen molar-refractivity contribution in [3.63, 3.8) is 0 Å². The first-order valence-electron chi connectivity index (χ1n) is 5.89. The standard InChI is InChI=1S/C13H15NO3S/c15-12(14-11-4-6-18-7-5-11)9-2-1-3-10(8-9)13(16)17/h1-3,8,11H,4-7H2,(H,14,15)(H,16,17). The fourth-order valence-corrected chi connectivity index (χ4v) is 3.01. The number of amides is 1. The number of hydrogen-bond donors (Lipinski definition) is 2. The van der Waals surface area contributed by atoms with Gasteiger partial charge in [0.2, 0.25) is 0 Å². The average molecular weight is 265 g/mol. The van der Waals surface area contributed by atoms with Crippen LogP contribution in [0.1, 0.15) is 33.6 Å². The molecule has 1 aliphatic heterocycles. The minimum absolute atomic E-state index is 0.141. The molecular weight excluding hydrogens is 250 g/mol. The third-order valence-electron chi connectivity index (χ3n) is 2.93. The molecule has 96 valence electrons. The predicted molar refractivity (Wildman–Crippen MR) is 71.2 cm³/mol. The largest absolute Gasteiger partial charge is 0.478 e. The Morgan fingerprint density at radius 3 is 2.56 bits per heavy atom. The molecule has 1 fully saturated rings. The highest BCUT2D eigenvalue weighted by atomic mass is 32.2. The molecule has 1 saturated heterocycles. The Morgan fingerprint density at radius 2 is 1.89 bits per heavy atom. The number of thioether (sulfide) groups is 1. The first-order chi connectivity index (χ1) is 8.66. The Morgan fingerprint density at radius 1 is 1.22 bits per heavy atom. The molecule has 1 amide bonds. The van der Waals surface area contributed by atoms with Gasteiger partial charge in [0.05, 0.1) is 5.56 Å². The van der Waals surface area contributed by atoms with Crippen molar-refractivity contribution in [2.45, 2.75) is 18.9 Å². The van der Waals surface area contributed by atoms with Crippen LogP contribution in [0.15, 0.2) is 24.3 Å². The second kappa shape index (κ2) is 5.91. The molecule has 1 aliphatic rings. The summed E-state index contributed by atoms with van der Waals surface area (Å²) in [4.78, 5) is 22.8.